The van der Waals surface area contributed by atoms with Gasteiger partial charge >= 0.3 is 6.03 Å². The number of carbonyl (C=O) groups excluding carboxylic acids is 1. The lowest BCUT2D eigenvalue weighted by molar-refractivity contribution is -0.0931. The van der Waals surface area contributed by atoms with E-state index in [0.29, 0.717) is 31.1 Å². The molecule has 2 N–H and O–H groups in total. The fourth-order valence-corrected chi connectivity index (χ4v) is 4.91. The second-order valence-electron chi connectivity index (χ2n) is 8.22. The number of hydrogen-bond donors (Lipinski definition) is 2. The molecule has 0 heterocycles. The molecule has 4 bridgehead atoms. The minimum atomic E-state index is -1.01. The van der Waals surface area contributed by atoms with Gasteiger partial charge in [-0.15, -0.1) is 0 Å². The molecule has 2 unspecified atom stereocenters. The smallest absolute Gasteiger partial charge is 0.315 e. The molecule has 0 aromatic carbocycles. The highest BCUT2D eigenvalue weighted by molar-refractivity contribution is 5.75. The lowest BCUT2D eigenvalue weighted by atomic mass is 9.52. The van der Waals surface area contributed by atoms with Crippen molar-refractivity contribution in [3.8, 4) is 0 Å². The first-order valence-electron chi connectivity index (χ1n) is 7.46. The van der Waals surface area contributed by atoms with Crippen LogP contribution in [-0.2, 0) is 0 Å². The number of halogens is 1. The van der Waals surface area contributed by atoms with Crippen LogP contribution in [0.5, 0.6) is 0 Å². The van der Waals surface area contributed by atoms with Crippen LogP contribution in [-0.4, -0.2) is 22.8 Å². The standard InChI is InChI=1S/C15H25FN2O/c1-13(2,3)17-12(19)18-15-7-10-4-11(8-15)6-14(16,5-10)9-15/h10-11H,4-9H2,1-3H3,(H2,17,18,19). The van der Waals surface area contributed by atoms with Crippen LogP contribution in [0, 0.1) is 11.8 Å². The van der Waals surface area contributed by atoms with E-state index in [1.807, 2.05) is 20.8 Å². The number of urea groups is 1. The van der Waals surface area contributed by atoms with Crippen molar-refractivity contribution in [3.63, 3.8) is 0 Å². The molecule has 4 saturated carbocycles. The number of rotatable bonds is 1. The normalized spacial score (nSPS) is 44.2. The van der Waals surface area contributed by atoms with E-state index in [0.717, 1.165) is 19.3 Å². The summed E-state index contributed by atoms with van der Waals surface area (Å²) in [5, 5.41) is 6.05. The Bertz CT molecular complexity index is 387. The third-order valence-electron chi connectivity index (χ3n) is 4.86. The van der Waals surface area contributed by atoms with Crippen LogP contribution in [0.15, 0.2) is 0 Å². The third-order valence-corrected chi connectivity index (χ3v) is 4.86. The first-order chi connectivity index (χ1) is 8.67. The van der Waals surface area contributed by atoms with Gasteiger partial charge in [0.1, 0.15) is 5.67 Å². The van der Waals surface area contributed by atoms with Gasteiger partial charge in [0.15, 0.2) is 0 Å². The SMILES string of the molecule is CC(C)(C)NC(=O)NC12CC3CC(CC(F)(C3)C1)C2. The van der Waals surface area contributed by atoms with Gasteiger partial charge < -0.3 is 10.6 Å². The number of carbonyl (C=O) groups is 1. The Kier molecular flexibility index (Phi) is 2.68. The highest BCUT2D eigenvalue weighted by Gasteiger charge is 2.58. The number of alkyl halides is 1. The van der Waals surface area contributed by atoms with E-state index >= 15 is 0 Å². The van der Waals surface area contributed by atoms with Crippen molar-refractivity contribution in [1.29, 1.82) is 0 Å². The molecule has 2 atom stereocenters. The molecule has 2 amide bonds. The van der Waals surface area contributed by atoms with Gasteiger partial charge in [-0.2, -0.15) is 0 Å². The summed E-state index contributed by atoms with van der Waals surface area (Å²) in [4.78, 5) is 12.1. The Balaban J connectivity index is 1.72. The zero-order chi connectivity index (χ0) is 13.9. The highest BCUT2D eigenvalue weighted by Crippen LogP contribution is 2.58. The number of hydrogen-bond acceptors (Lipinski definition) is 1. The van der Waals surface area contributed by atoms with E-state index in [9.17, 15) is 9.18 Å². The van der Waals surface area contributed by atoms with Crippen molar-refractivity contribution < 1.29 is 9.18 Å². The zero-order valence-corrected chi connectivity index (χ0v) is 12.2. The van der Waals surface area contributed by atoms with Crippen molar-refractivity contribution in [2.24, 2.45) is 11.8 Å². The van der Waals surface area contributed by atoms with Crippen LogP contribution >= 0.6 is 0 Å². The quantitative estimate of drug-likeness (QED) is 0.753. The van der Waals surface area contributed by atoms with Crippen molar-refractivity contribution in [3.05, 3.63) is 0 Å². The predicted octanol–water partition coefficient (Wildman–Crippen LogP) is 3.15. The van der Waals surface area contributed by atoms with Gasteiger partial charge in [-0.3, -0.25) is 0 Å². The van der Waals surface area contributed by atoms with Crippen LogP contribution in [0.25, 0.3) is 0 Å². The molecule has 19 heavy (non-hydrogen) atoms. The molecule has 0 aromatic heterocycles. The molecule has 0 spiro atoms. The lowest BCUT2D eigenvalue weighted by Crippen LogP contribution is -2.66. The summed E-state index contributed by atoms with van der Waals surface area (Å²) in [6.45, 7) is 5.88. The van der Waals surface area contributed by atoms with E-state index in [-0.39, 0.29) is 17.1 Å². The third kappa shape index (κ3) is 2.59. The molecule has 4 aliphatic carbocycles. The van der Waals surface area contributed by atoms with Gasteiger partial charge in [0.2, 0.25) is 0 Å². The second kappa shape index (κ2) is 3.86. The molecule has 108 valence electrons. The van der Waals surface area contributed by atoms with Gasteiger partial charge in [-0.05, 0) is 64.7 Å². The van der Waals surface area contributed by atoms with Crippen molar-refractivity contribution in [2.75, 3.05) is 0 Å². The maximum Gasteiger partial charge on any atom is 0.315 e. The van der Waals surface area contributed by atoms with E-state index < -0.39 is 5.67 Å². The van der Waals surface area contributed by atoms with E-state index in [1.54, 1.807) is 0 Å². The predicted molar refractivity (Wildman–Crippen MR) is 72.7 cm³/mol. The Morgan fingerprint density at radius 1 is 1.16 bits per heavy atom. The molecular formula is C15H25FN2O. The van der Waals surface area contributed by atoms with Gasteiger partial charge in [-0.25, -0.2) is 9.18 Å². The highest BCUT2D eigenvalue weighted by atomic mass is 19.1. The Morgan fingerprint density at radius 2 is 1.74 bits per heavy atom. The molecule has 4 rings (SSSR count). The summed E-state index contributed by atoms with van der Waals surface area (Å²) in [6.07, 6.45) is 5.04. The van der Waals surface area contributed by atoms with Crippen LogP contribution in [0.2, 0.25) is 0 Å². The van der Waals surface area contributed by atoms with Crippen LogP contribution < -0.4 is 10.6 Å². The molecule has 4 heteroatoms. The summed E-state index contributed by atoms with van der Waals surface area (Å²) in [6, 6.07) is -0.141. The zero-order valence-electron chi connectivity index (χ0n) is 12.2. The van der Waals surface area contributed by atoms with Crippen LogP contribution in [0.3, 0.4) is 0 Å². The summed E-state index contributed by atoms with van der Waals surface area (Å²) >= 11 is 0. The molecule has 0 saturated heterocycles. The fourth-order valence-electron chi connectivity index (χ4n) is 4.91. The summed E-state index contributed by atoms with van der Waals surface area (Å²) in [5.41, 5.74) is -1.55. The molecule has 0 radical (unpaired) electrons. The van der Waals surface area contributed by atoms with Gasteiger partial charge in [0.05, 0.1) is 0 Å². The topological polar surface area (TPSA) is 41.1 Å². The molecule has 0 aromatic rings. The number of amides is 2. The first kappa shape index (κ1) is 13.2. The maximum absolute atomic E-state index is 14.7. The monoisotopic (exact) mass is 268 g/mol. The molecule has 4 aliphatic rings. The van der Waals surface area contributed by atoms with Gasteiger partial charge in [-0.1, -0.05) is 0 Å². The molecule has 3 nitrogen and oxygen atoms in total. The minimum Gasteiger partial charge on any atom is -0.334 e. The summed E-state index contributed by atoms with van der Waals surface area (Å²) in [5.74, 6) is 0.947. The summed E-state index contributed by atoms with van der Waals surface area (Å²) < 4.78 is 14.7. The van der Waals surface area contributed by atoms with Crippen molar-refractivity contribution in [1.82, 2.24) is 10.6 Å². The van der Waals surface area contributed by atoms with Crippen LogP contribution in [0.1, 0.15) is 59.3 Å². The van der Waals surface area contributed by atoms with E-state index in [4.69, 9.17) is 0 Å². The first-order valence-corrected chi connectivity index (χ1v) is 7.46. The molecular weight excluding hydrogens is 243 g/mol. The Labute approximate surface area is 114 Å². The Morgan fingerprint density at radius 3 is 2.21 bits per heavy atom. The molecule has 0 aliphatic heterocycles. The van der Waals surface area contributed by atoms with E-state index in [1.165, 1.54) is 0 Å². The molecule has 4 fully saturated rings. The lowest BCUT2D eigenvalue weighted by Gasteiger charge is -2.59. The summed E-state index contributed by atoms with van der Waals surface area (Å²) in [7, 11) is 0. The Hall–Kier alpha value is -0.800. The minimum absolute atomic E-state index is 0.141. The van der Waals surface area contributed by atoms with Crippen molar-refractivity contribution >= 4 is 6.03 Å². The average molecular weight is 268 g/mol. The maximum atomic E-state index is 14.7. The van der Waals surface area contributed by atoms with Crippen molar-refractivity contribution in [2.45, 2.75) is 76.0 Å². The van der Waals surface area contributed by atoms with E-state index in [2.05, 4.69) is 10.6 Å². The average Bonchev–Trinajstić information content (AvgIpc) is 2.06. The van der Waals surface area contributed by atoms with Gasteiger partial charge in [0, 0.05) is 17.5 Å². The van der Waals surface area contributed by atoms with Crippen LogP contribution in [0.4, 0.5) is 9.18 Å². The number of nitrogens with one attached hydrogen (secondary N) is 2. The largest absolute Gasteiger partial charge is 0.334 e. The fraction of sp³-hybridized carbons (Fsp3) is 0.933. The van der Waals surface area contributed by atoms with Gasteiger partial charge in [0.25, 0.3) is 0 Å². The second-order valence-corrected chi connectivity index (χ2v) is 8.22.